The first-order chi connectivity index (χ1) is 7.77. The first-order valence-corrected chi connectivity index (χ1v) is 6.54. The molecule has 0 bridgehead atoms. The molecule has 0 radical (unpaired) electrons. The molecule has 0 aliphatic heterocycles. The van der Waals surface area contributed by atoms with Crippen molar-refractivity contribution >= 4 is 0 Å². The summed E-state index contributed by atoms with van der Waals surface area (Å²) in [5.74, 6) is 1.69. The summed E-state index contributed by atoms with van der Waals surface area (Å²) in [6.45, 7) is 5.80. The van der Waals surface area contributed by atoms with E-state index in [0.717, 1.165) is 18.4 Å². The first-order valence-electron chi connectivity index (χ1n) is 6.54. The minimum atomic E-state index is 0.712. The van der Waals surface area contributed by atoms with Crippen LogP contribution in [0.3, 0.4) is 0 Å². The normalized spacial score (nSPS) is 30.2. The molecule has 2 rings (SSSR count). The van der Waals surface area contributed by atoms with E-state index < -0.39 is 0 Å². The van der Waals surface area contributed by atoms with Crippen molar-refractivity contribution in [2.75, 3.05) is 0 Å². The molecule has 1 saturated carbocycles. The van der Waals surface area contributed by atoms with Gasteiger partial charge in [-0.25, -0.2) is 0 Å². The summed E-state index contributed by atoms with van der Waals surface area (Å²) in [5.41, 5.74) is 1.40. The topological polar surface area (TPSA) is 12.0 Å². The van der Waals surface area contributed by atoms with Crippen LogP contribution in [0.15, 0.2) is 30.3 Å². The van der Waals surface area contributed by atoms with Crippen molar-refractivity contribution in [2.45, 2.75) is 45.7 Å². The van der Waals surface area contributed by atoms with E-state index in [2.05, 4.69) is 49.5 Å². The third-order valence-electron chi connectivity index (χ3n) is 4.12. The summed E-state index contributed by atoms with van der Waals surface area (Å²) >= 11 is 0. The van der Waals surface area contributed by atoms with Crippen molar-refractivity contribution in [3.63, 3.8) is 0 Å². The van der Waals surface area contributed by atoms with Crippen LogP contribution in [0.4, 0.5) is 0 Å². The molecular formula is C15H23N. The lowest BCUT2D eigenvalue weighted by Gasteiger charge is -2.34. The van der Waals surface area contributed by atoms with Crippen LogP contribution < -0.4 is 5.32 Å². The Bertz CT molecular complexity index is 306. The zero-order chi connectivity index (χ0) is 11.4. The highest BCUT2D eigenvalue weighted by atomic mass is 14.9. The van der Waals surface area contributed by atoms with Crippen LogP contribution in [-0.4, -0.2) is 6.04 Å². The standard InChI is InChI=1S/C15H23N/c1-12-7-6-10-15(13(12)2)16-11-14-8-4-3-5-9-14/h3-5,8-9,12-13,15-16H,6-7,10-11H2,1-2H3/t12-,13-,15+/m1/s1. The quantitative estimate of drug-likeness (QED) is 0.815. The van der Waals surface area contributed by atoms with Crippen molar-refractivity contribution in [3.8, 4) is 0 Å². The fraction of sp³-hybridized carbons (Fsp3) is 0.600. The van der Waals surface area contributed by atoms with E-state index in [1.54, 1.807) is 0 Å². The van der Waals surface area contributed by atoms with Crippen molar-refractivity contribution in [1.29, 1.82) is 0 Å². The van der Waals surface area contributed by atoms with E-state index in [-0.39, 0.29) is 0 Å². The molecule has 0 saturated heterocycles. The molecule has 1 aliphatic carbocycles. The predicted octanol–water partition coefficient (Wildman–Crippen LogP) is 3.60. The van der Waals surface area contributed by atoms with Gasteiger partial charge in [0.2, 0.25) is 0 Å². The van der Waals surface area contributed by atoms with Gasteiger partial charge < -0.3 is 5.32 Å². The molecule has 0 amide bonds. The van der Waals surface area contributed by atoms with E-state index in [1.165, 1.54) is 24.8 Å². The molecule has 0 heterocycles. The second kappa shape index (κ2) is 5.49. The number of hydrogen-bond donors (Lipinski definition) is 1. The average molecular weight is 217 g/mol. The first kappa shape index (κ1) is 11.7. The van der Waals surface area contributed by atoms with Crippen LogP contribution in [-0.2, 0) is 6.54 Å². The summed E-state index contributed by atoms with van der Waals surface area (Å²) in [6, 6.07) is 11.4. The summed E-state index contributed by atoms with van der Waals surface area (Å²) in [4.78, 5) is 0. The largest absolute Gasteiger partial charge is 0.310 e. The van der Waals surface area contributed by atoms with E-state index in [9.17, 15) is 0 Å². The summed E-state index contributed by atoms with van der Waals surface area (Å²) < 4.78 is 0. The van der Waals surface area contributed by atoms with Crippen molar-refractivity contribution in [3.05, 3.63) is 35.9 Å². The van der Waals surface area contributed by atoms with Crippen molar-refractivity contribution < 1.29 is 0 Å². The highest BCUT2D eigenvalue weighted by Crippen LogP contribution is 2.29. The van der Waals surface area contributed by atoms with Crippen LogP contribution in [0.1, 0.15) is 38.7 Å². The molecule has 1 aliphatic rings. The maximum atomic E-state index is 3.72. The molecule has 0 unspecified atom stereocenters. The minimum absolute atomic E-state index is 0.712. The molecule has 1 nitrogen and oxygen atoms in total. The molecule has 1 aromatic carbocycles. The van der Waals surface area contributed by atoms with Gasteiger partial charge in [0.25, 0.3) is 0 Å². The molecule has 1 aromatic rings. The third-order valence-corrected chi connectivity index (χ3v) is 4.12. The Balaban J connectivity index is 1.85. The van der Waals surface area contributed by atoms with Crippen LogP contribution in [0.2, 0.25) is 0 Å². The highest BCUT2D eigenvalue weighted by Gasteiger charge is 2.26. The Morgan fingerprint density at radius 2 is 1.88 bits per heavy atom. The lowest BCUT2D eigenvalue weighted by molar-refractivity contribution is 0.206. The number of benzene rings is 1. The van der Waals surface area contributed by atoms with Gasteiger partial charge in [-0.2, -0.15) is 0 Å². The highest BCUT2D eigenvalue weighted by molar-refractivity contribution is 5.14. The second-order valence-corrected chi connectivity index (χ2v) is 5.24. The molecule has 16 heavy (non-hydrogen) atoms. The lowest BCUT2D eigenvalue weighted by Crippen LogP contribution is -2.40. The van der Waals surface area contributed by atoms with Gasteiger partial charge in [-0.15, -0.1) is 0 Å². The monoisotopic (exact) mass is 217 g/mol. The predicted molar refractivity (Wildman–Crippen MR) is 69.2 cm³/mol. The van der Waals surface area contributed by atoms with Gasteiger partial charge in [0, 0.05) is 12.6 Å². The molecule has 0 aromatic heterocycles. The molecule has 88 valence electrons. The van der Waals surface area contributed by atoms with Gasteiger partial charge in [-0.05, 0) is 23.8 Å². The number of rotatable bonds is 3. The Morgan fingerprint density at radius 3 is 2.62 bits per heavy atom. The fourth-order valence-electron chi connectivity index (χ4n) is 2.71. The minimum Gasteiger partial charge on any atom is -0.310 e. The van der Waals surface area contributed by atoms with Gasteiger partial charge in [-0.1, -0.05) is 57.0 Å². The zero-order valence-corrected chi connectivity index (χ0v) is 10.4. The third kappa shape index (κ3) is 2.85. The van der Waals surface area contributed by atoms with Crippen LogP contribution >= 0.6 is 0 Å². The molecule has 1 fully saturated rings. The molecule has 3 atom stereocenters. The average Bonchev–Trinajstić information content (AvgIpc) is 2.32. The smallest absolute Gasteiger partial charge is 0.0208 e. The van der Waals surface area contributed by atoms with E-state index >= 15 is 0 Å². The Morgan fingerprint density at radius 1 is 1.12 bits per heavy atom. The summed E-state index contributed by atoms with van der Waals surface area (Å²) in [5, 5.41) is 3.72. The zero-order valence-electron chi connectivity index (χ0n) is 10.4. The Hall–Kier alpha value is -0.820. The van der Waals surface area contributed by atoms with E-state index in [0.29, 0.717) is 6.04 Å². The van der Waals surface area contributed by atoms with E-state index in [4.69, 9.17) is 0 Å². The van der Waals surface area contributed by atoms with E-state index in [1.807, 2.05) is 0 Å². The maximum absolute atomic E-state index is 3.72. The van der Waals surface area contributed by atoms with Gasteiger partial charge >= 0.3 is 0 Å². The Labute approximate surface area is 99.3 Å². The molecule has 1 N–H and O–H groups in total. The van der Waals surface area contributed by atoms with Gasteiger partial charge in [0.15, 0.2) is 0 Å². The lowest BCUT2D eigenvalue weighted by atomic mass is 9.78. The number of nitrogens with one attached hydrogen (secondary N) is 1. The van der Waals surface area contributed by atoms with Crippen LogP contribution in [0.5, 0.6) is 0 Å². The van der Waals surface area contributed by atoms with Gasteiger partial charge in [0.1, 0.15) is 0 Å². The fourth-order valence-corrected chi connectivity index (χ4v) is 2.71. The van der Waals surface area contributed by atoms with Gasteiger partial charge in [-0.3, -0.25) is 0 Å². The second-order valence-electron chi connectivity index (χ2n) is 5.24. The maximum Gasteiger partial charge on any atom is 0.0208 e. The summed E-state index contributed by atoms with van der Waals surface area (Å²) in [7, 11) is 0. The molecule has 1 heteroatoms. The Kier molecular flexibility index (Phi) is 4.00. The SMILES string of the molecule is C[C@@H]1[C@H](C)CCC[C@@H]1NCc1ccccc1. The van der Waals surface area contributed by atoms with Crippen molar-refractivity contribution in [2.24, 2.45) is 11.8 Å². The number of hydrogen-bond acceptors (Lipinski definition) is 1. The van der Waals surface area contributed by atoms with Crippen molar-refractivity contribution in [1.82, 2.24) is 5.32 Å². The molecular weight excluding hydrogens is 194 g/mol. The van der Waals surface area contributed by atoms with Crippen LogP contribution in [0.25, 0.3) is 0 Å². The van der Waals surface area contributed by atoms with Gasteiger partial charge in [0.05, 0.1) is 0 Å². The summed E-state index contributed by atoms with van der Waals surface area (Å²) in [6.07, 6.45) is 4.14. The van der Waals surface area contributed by atoms with Crippen LogP contribution in [0, 0.1) is 11.8 Å². The molecule has 0 spiro atoms.